The minimum absolute atomic E-state index is 0.241. The summed E-state index contributed by atoms with van der Waals surface area (Å²) in [7, 11) is 0. The average molecular weight is 407 g/mol. The summed E-state index contributed by atoms with van der Waals surface area (Å²) < 4.78 is 20.6. The van der Waals surface area contributed by atoms with Crippen LogP contribution in [0.2, 0.25) is 0 Å². The van der Waals surface area contributed by atoms with Gasteiger partial charge in [-0.3, -0.25) is 0 Å². The molecule has 0 spiro atoms. The van der Waals surface area contributed by atoms with Crippen LogP contribution < -0.4 is 0 Å². The fraction of sp³-hybridized carbons (Fsp3) is 0.143. The third kappa shape index (κ3) is 4.49. The molecule has 0 atom stereocenters. The summed E-state index contributed by atoms with van der Waals surface area (Å²) in [5.74, 6) is -0.305. The van der Waals surface area contributed by atoms with Crippen molar-refractivity contribution in [3.63, 3.8) is 0 Å². The van der Waals surface area contributed by atoms with Crippen molar-refractivity contribution in [2.45, 2.75) is 23.7 Å². The van der Waals surface area contributed by atoms with Crippen LogP contribution in [0, 0.1) is 5.82 Å². The second-order valence-electron chi connectivity index (χ2n) is 6.05. The SMILES string of the molecule is CCOCn1nnc(-c2ccc(F)cc2)c1-c1ccnc(Sc2ccccc2)n1. The van der Waals surface area contributed by atoms with Gasteiger partial charge >= 0.3 is 0 Å². The van der Waals surface area contributed by atoms with Crippen LogP contribution in [0.1, 0.15) is 6.92 Å². The lowest BCUT2D eigenvalue weighted by molar-refractivity contribution is 0.0790. The molecule has 2 aromatic carbocycles. The first-order valence-corrected chi connectivity index (χ1v) is 9.89. The van der Waals surface area contributed by atoms with Gasteiger partial charge in [0.1, 0.15) is 23.9 Å². The molecule has 0 saturated heterocycles. The van der Waals surface area contributed by atoms with Crippen molar-refractivity contribution in [1.29, 1.82) is 0 Å². The van der Waals surface area contributed by atoms with E-state index in [9.17, 15) is 4.39 Å². The van der Waals surface area contributed by atoms with Crippen LogP contribution in [-0.2, 0) is 11.5 Å². The molecule has 0 aliphatic rings. The van der Waals surface area contributed by atoms with Crippen LogP contribution in [0.4, 0.5) is 4.39 Å². The van der Waals surface area contributed by atoms with E-state index in [4.69, 9.17) is 9.72 Å². The van der Waals surface area contributed by atoms with E-state index in [1.165, 1.54) is 23.9 Å². The number of rotatable bonds is 7. The third-order valence-electron chi connectivity index (χ3n) is 4.10. The van der Waals surface area contributed by atoms with Crippen molar-refractivity contribution in [2.24, 2.45) is 0 Å². The molecule has 0 amide bonds. The lowest BCUT2D eigenvalue weighted by Crippen LogP contribution is -2.07. The number of hydrogen-bond donors (Lipinski definition) is 0. The Morgan fingerprint density at radius 1 is 1.03 bits per heavy atom. The zero-order valence-electron chi connectivity index (χ0n) is 15.7. The van der Waals surface area contributed by atoms with Gasteiger partial charge in [-0.2, -0.15) is 0 Å². The fourth-order valence-corrected chi connectivity index (χ4v) is 3.51. The molecule has 2 aromatic heterocycles. The molecular weight excluding hydrogens is 389 g/mol. The highest BCUT2D eigenvalue weighted by molar-refractivity contribution is 7.99. The van der Waals surface area contributed by atoms with Gasteiger partial charge in [0.25, 0.3) is 0 Å². The fourth-order valence-electron chi connectivity index (χ4n) is 2.75. The van der Waals surface area contributed by atoms with Crippen molar-refractivity contribution >= 4 is 11.8 Å². The van der Waals surface area contributed by atoms with E-state index >= 15 is 0 Å². The summed E-state index contributed by atoms with van der Waals surface area (Å²) in [6.07, 6.45) is 1.71. The smallest absolute Gasteiger partial charge is 0.193 e. The molecule has 29 heavy (non-hydrogen) atoms. The maximum atomic E-state index is 13.4. The Morgan fingerprint density at radius 2 is 1.83 bits per heavy atom. The predicted molar refractivity (Wildman–Crippen MR) is 109 cm³/mol. The molecule has 6 nitrogen and oxygen atoms in total. The zero-order chi connectivity index (χ0) is 20.1. The highest BCUT2D eigenvalue weighted by Gasteiger charge is 2.19. The van der Waals surface area contributed by atoms with E-state index in [0.29, 0.717) is 28.8 Å². The molecule has 4 rings (SSSR count). The Balaban J connectivity index is 1.75. The Bertz CT molecular complexity index is 1090. The van der Waals surface area contributed by atoms with Gasteiger partial charge in [0.2, 0.25) is 0 Å². The molecule has 0 saturated carbocycles. The Hall–Kier alpha value is -3.10. The summed E-state index contributed by atoms with van der Waals surface area (Å²) >= 11 is 1.47. The van der Waals surface area contributed by atoms with E-state index < -0.39 is 0 Å². The van der Waals surface area contributed by atoms with Gasteiger partial charge in [0.05, 0.1) is 5.69 Å². The van der Waals surface area contributed by atoms with Gasteiger partial charge in [-0.05, 0) is 61.2 Å². The summed E-state index contributed by atoms with van der Waals surface area (Å²) in [5, 5.41) is 9.14. The van der Waals surface area contributed by atoms with Crippen molar-refractivity contribution in [3.05, 3.63) is 72.7 Å². The minimum Gasteiger partial charge on any atom is -0.359 e. The molecule has 0 N–H and O–H groups in total. The van der Waals surface area contributed by atoms with Crippen LogP contribution in [-0.4, -0.2) is 31.6 Å². The predicted octanol–water partition coefficient (Wildman–Crippen LogP) is 4.69. The van der Waals surface area contributed by atoms with Crippen LogP contribution in [0.15, 0.2) is 76.9 Å². The van der Waals surface area contributed by atoms with Crippen molar-refractivity contribution in [3.8, 4) is 22.6 Å². The first kappa shape index (κ1) is 19.2. The van der Waals surface area contributed by atoms with Crippen molar-refractivity contribution in [1.82, 2.24) is 25.0 Å². The summed E-state index contributed by atoms with van der Waals surface area (Å²) in [5.41, 5.74) is 2.73. The minimum atomic E-state index is -0.305. The standard InChI is InChI=1S/C21H18FN5OS/c1-2-28-14-27-20(19(25-26-27)15-8-10-16(22)11-9-15)18-12-13-23-21(24-18)29-17-6-4-3-5-7-17/h3-13H,2,14H2,1H3. The third-order valence-corrected chi connectivity index (χ3v) is 4.99. The molecule has 0 unspecified atom stereocenters. The number of nitrogens with zero attached hydrogens (tertiary/aromatic N) is 5. The highest BCUT2D eigenvalue weighted by Crippen LogP contribution is 2.31. The van der Waals surface area contributed by atoms with Gasteiger partial charge in [-0.25, -0.2) is 19.0 Å². The Kier molecular flexibility index (Phi) is 5.92. The van der Waals surface area contributed by atoms with E-state index in [2.05, 4.69) is 15.3 Å². The second kappa shape index (κ2) is 8.93. The van der Waals surface area contributed by atoms with E-state index in [-0.39, 0.29) is 12.5 Å². The molecule has 4 aromatic rings. The van der Waals surface area contributed by atoms with Crippen LogP contribution in [0.25, 0.3) is 22.6 Å². The molecule has 0 bridgehead atoms. The largest absolute Gasteiger partial charge is 0.359 e. The average Bonchev–Trinajstić information content (AvgIpc) is 3.17. The van der Waals surface area contributed by atoms with Gasteiger partial charge in [-0.15, -0.1) is 5.10 Å². The van der Waals surface area contributed by atoms with Crippen LogP contribution >= 0.6 is 11.8 Å². The molecule has 0 aliphatic heterocycles. The number of ether oxygens (including phenoxy) is 1. The molecule has 0 aliphatic carbocycles. The first-order valence-electron chi connectivity index (χ1n) is 9.08. The normalized spacial score (nSPS) is 11.0. The van der Waals surface area contributed by atoms with E-state index in [0.717, 1.165) is 10.5 Å². The maximum Gasteiger partial charge on any atom is 0.193 e. The Labute approximate surface area is 171 Å². The first-order chi connectivity index (χ1) is 14.2. The molecule has 0 radical (unpaired) electrons. The van der Waals surface area contributed by atoms with Gasteiger partial charge < -0.3 is 4.74 Å². The molecular formula is C21H18FN5OS. The van der Waals surface area contributed by atoms with Gasteiger partial charge in [0, 0.05) is 23.3 Å². The number of halogens is 1. The molecule has 2 heterocycles. The maximum absolute atomic E-state index is 13.4. The van der Waals surface area contributed by atoms with Crippen LogP contribution in [0.3, 0.4) is 0 Å². The van der Waals surface area contributed by atoms with Crippen LogP contribution in [0.5, 0.6) is 0 Å². The molecule has 146 valence electrons. The van der Waals surface area contributed by atoms with E-state index in [1.807, 2.05) is 43.3 Å². The monoisotopic (exact) mass is 407 g/mol. The van der Waals surface area contributed by atoms with Crippen molar-refractivity contribution < 1.29 is 9.13 Å². The number of aromatic nitrogens is 5. The number of hydrogen-bond acceptors (Lipinski definition) is 6. The Morgan fingerprint density at radius 3 is 2.59 bits per heavy atom. The lowest BCUT2D eigenvalue weighted by atomic mass is 10.1. The quantitative estimate of drug-likeness (QED) is 0.414. The molecule has 0 fully saturated rings. The van der Waals surface area contributed by atoms with E-state index in [1.54, 1.807) is 23.0 Å². The molecule has 8 heteroatoms. The lowest BCUT2D eigenvalue weighted by Gasteiger charge is -2.09. The van der Waals surface area contributed by atoms with Gasteiger partial charge in [0.15, 0.2) is 5.16 Å². The summed E-state index contributed by atoms with van der Waals surface area (Å²) in [6.45, 7) is 2.70. The van der Waals surface area contributed by atoms with Crippen molar-refractivity contribution in [2.75, 3.05) is 6.61 Å². The topological polar surface area (TPSA) is 65.7 Å². The highest BCUT2D eigenvalue weighted by atomic mass is 32.2. The number of benzene rings is 2. The second-order valence-corrected chi connectivity index (χ2v) is 7.10. The zero-order valence-corrected chi connectivity index (χ0v) is 16.5. The summed E-state index contributed by atoms with van der Waals surface area (Å²) in [6, 6.07) is 17.9. The van der Waals surface area contributed by atoms with Gasteiger partial charge in [-0.1, -0.05) is 23.4 Å². The summed E-state index contributed by atoms with van der Waals surface area (Å²) in [4.78, 5) is 10.1.